The van der Waals surface area contributed by atoms with Gasteiger partial charge in [-0.3, -0.25) is 14.5 Å². The van der Waals surface area contributed by atoms with Crippen molar-refractivity contribution < 1.29 is 14.7 Å². The van der Waals surface area contributed by atoms with Gasteiger partial charge in [-0.25, -0.2) is 0 Å². The van der Waals surface area contributed by atoms with Crippen LogP contribution in [0.4, 0.5) is 0 Å². The maximum Gasteiger partial charge on any atom is 0.304 e. The van der Waals surface area contributed by atoms with E-state index in [1.54, 1.807) is 0 Å². The molecule has 16 heavy (non-hydrogen) atoms. The normalized spacial score (nSPS) is 22.2. The number of nitrogens with two attached hydrogens (primary N) is 1. The molecule has 0 saturated carbocycles. The number of carboxylic acid groups (broad SMARTS) is 1. The number of carboxylic acids is 1. The van der Waals surface area contributed by atoms with Gasteiger partial charge in [-0.1, -0.05) is 11.1 Å². The molecule has 0 aromatic carbocycles. The van der Waals surface area contributed by atoms with Gasteiger partial charge in [0.05, 0.1) is 12.5 Å². The van der Waals surface area contributed by atoms with Crippen molar-refractivity contribution in [2.24, 2.45) is 5.73 Å². The fourth-order valence-electron chi connectivity index (χ4n) is 1.90. The summed E-state index contributed by atoms with van der Waals surface area (Å²) in [5.74, 6) is -1.23. The predicted octanol–water partition coefficient (Wildman–Crippen LogP) is 0.357. The number of carbonyl (C=O) groups excluding carboxylic acids is 1. The first-order valence-corrected chi connectivity index (χ1v) is 5.32. The molecule has 5 nitrogen and oxygen atoms in total. The number of hydrogen-bond acceptors (Lipinski definition) is 3. The van der Waals surface area contributed by atoms with Crippen LogP contribution in [-0.4, -0.2) is 41.0 Å². The average molecular weight is 226 g/mol. The van der Waals surface area contributed by atoms with E-state index in [0.717, 1.165) is 0 Å². The topological polar surface area (TPSA) is 83.6 Å². The zero-order valence-electron chi connectivity index (χ0n) is 9.69. The lowest BCUT2D eigenvalue weighted by Gasteiger charge is -2.34. The highest BCUT2D eigenvalue weighted by molar-refractivity contribution is 5.80. The van der Waals surface area contributed by atoms with Crippen LogP contribution in [-0.2, 0) is 9.59 Å². The fraction of sp³-hybridized carbons (Fsp3) is 0.636. The minimum atomic E-state index is -0.854. The Morgan fingerprint density at radius 1 is 1.44 bits per heavy atom. The van der Waals surface area contributed by atoms with Crippen LogP contribution < -0.4 is 5.73 Å². The van der Waals surface area contributed by atoms with E-state index in [2.05, 4.69) is 0 Å². The van der Waals surface area contributed by atoms with Gasteiger partial charge in [-0.05, 0) is 20.3 Å². The highest BCUT2D eigenvalue weighted by Crippen LogP contribution is 2.22. The summed E-state index contributed by atoms with van der Waals surface area (Å²) in [5, 5.41) is 8.63. The zero-order valence-corrected chi connectivity index (χ0v) is 9.69. The van der Waals surface area contributed by atoms with E-state index in [-0.39, 0.29) is 18.4 Å². The second-order valence-corrected chi connectivity index (χ2v) is 4.30. The lowest BCUT2D eigenvalue weighted by Crippen LogP contribution is -2.48. The largest absolute Gasteiger partial charge is 0.481 e. The molecule has 0 aromatic heterocycles. The van der Waals surface area contributed by atoms with Gasteiger partial charge in [0.2, 0.25) is 5.91 Å². The molecule has 0 aliphatic carbocycles. The molecule has 90 valence electrons. The van der Waals surface area contributed by atoms with E-state index in [0.29, 0.717) is 19.5 Å². The van der Waals surface area contributed by atoms with Crippen LogP contribution in [0.15, 0.2) is 11.1 Å². The molecule has 1 heterocycles. The molecule has 1 atom stereocenters. The number of carbonyl (C=O) groups is 2. The highest BCUT2D eigenvalue weighted by atomic mass is 16.4. The molecular formula is C11H18N2O3. The maximum absolute atomic E-state index is 11.3. The quantitative estimate of drug-likeness (QED) is 0.678. The second-order valence-electron chi connectivity index (χ2n) is 4.30. The Kier molecular flexibility index (Phi) is 4.06. The summed E-state index contributed by atoms with van der Waals surface area (Å²) < 4.78 is 0. The molecule has 0 fully saturated rings. The monoisotopic (exact) mass is 226 g/mol. The maximum atomic E-state index is 11.3. The molecule has 1 aliphatic rings. The van der Waals surface area contributed by atoms with Crippen molar-refractivity contribution in [2.75, 3.05) is 13.1 Å². The number of nitrogens with zero attached hydrogens (tertiary/aromatic N) is 1. The Bertz CT molecular complexity index is 336. The molecule has 0 radical (unpaired) electrons. The molecule has 5 heteroatoms. The smallest absolute Gasteiger partial charge is 0.304 e. The Balaban J connectivity index is 2.72. The van der Waals surface area contributed by atoms with Crippen molar-refractivity contribution in [1.82, 2.24) is 4.90 Å². The van der Waals surface area contributed by atoms with Gasteiger partial charge in [0.15, 0.2) is 0 Å². The van der Waals surface area contributed by atoms with Crippen molar-refractivity contribution in [3.8, 4) is 0 Å². The van der Waals surface area contributed by atoms with Gasteiger partial charge < -0.3 is 10.8 Å². The van der Waals surface area contributed by atoms with Gasteiger partial charge in [0.1, 0.15) is 0 Å². The summed E-state index contributed by atoms with van der Waals surface area (Å²) in [6.07, 6.45) is 0.650. The second kappa shape index (κ2) is 5.12. The standard InChI is InChI=1S/C11H18N2O3/c1-7-5-9(11(12)16)13(6-8(7)2)4-3-10(14)15/h9H,3-6H2,1-2H3,(H2,12,16)(H,14,15)/t9-/m1/s1. The van der Waals surface area contributed by atoms with Crippen LogP contribution >= 0.6 is 0 Å². The third kappa shape index (κ3) is 3.06. The summed E-state index contributed by atoms with van der Waals surface area (Å²) in [7, 11) is 0. The SMILES string of the molecule is CC1=C(C)CN(CCC(=O)O)[C@@H](C(N)=O)C1. The first-order valence-electron chi connectivity index (χ1n) is 5.32. The minimum absolute atomic E-state index is 0.0378. The average Bonchev–Trinajstić information content (AvgIpc) is 2.18. The molecule has 1 rings (SSSR count). The third-order valence-corrected chi connectivity index (χ3v) is 3.05. The van der Waals surface area contributed by atoms with Gasteiger partial charge in [-0.2, -0.15) is 0 Å². The highest BCUT2D eigenvalue weighted by Gasteiger charge is 2.28. The van der Waals surface area contributed by atoms with Crippen molar-refractivity contribution >= 4 is 11.9 Å². The lowest BCUT2D eigenvalue weighted by molar-refractivity contribution is -0.138. The van der Waals surface area contributed by atoms with Gasteiger partial charge in [-0.15, -0.1) is 0 Å². The van der Waals surface area contributed by atoms with E-state index < -0.39 is 5.97 Å². The van der Waals surface area contributed by atoms with Crippen molar-refractivity contribution in [3.63, 3.8) is 0 Å². The third-order valence-electron chi connectivity index (χ3n) is 3.05. The van der Waals surface area contributed by atoms with Crippen LogP contribution in [0.25, 0.3) is 0 Å². The molecular weight excluding hydrogens is 208 g/mol. The van der Waals surface area contributed by atoms with Crippen molar-refractivity contribution in [3.05, 3.63) is 11.1 Å². The summed E-state index contributed by atoms with van der Waals surface area (Å²) in [6, 6.07) is -0.358. The molecule has 0 unspecified atom stereocenters. The van der Waals surface area contributed by atoms with E-state index in [1.807, 2.05) is 18.7 Å². The molecule has 0 bridgehead atoms. The number of aliphatic carboxylic acids is 1. The summed E-state index contributed by atoms with van der Waals surface area (Å²) in [6.45, 7) is 4.99. The Labute approximate surface area is 94.9 Å². The number of rotatable bonds is 4. The summed E-state index contributed by atoms with van der Waals surface area (Å²) in [5.41, 5.74) is 7.69. The molecule has 1 amide bonds. The van der Waals surface area contributed by atoms with Gasteiger partial charge >= 0.3 is 5.97 Å². The minimum Gasteiger partial charge on any atom is -0.481 e. The van der Waals surface area contributed by atoms with Crippen molar-refractivity contribution in [1.29, 1.82) is 0 Å². The molecule has 0 spiro atoms. The van der Waals surface area contributed by atoms with Gasteiger partial charge in [0, 0.05) is 13.1 Å². The number of primary amides is 1. The summed E-state index contributed by atoms with van der Waals surface area (Å²) >= 11 is 0. The number of amides is 1. The molecule has 0 saturated heterocycles. The van der Waals surface area contributed by atoms with Crippen molar-refractivity contribution in [2.45, 2.75) is 32.7 Å². The zero-order chi connectivity index (χ0) is 12.3. The van der Waals surface area contributed by atoms with E-state index in [9.17, 15) is 9.59 Å². The predicted molar refractivity (Wildman–Crippen MR) is 59.8 cm³/mol. The first kappa shape index (κ1) is 12.7. The molecule has 0 aromatic rings. The fourth-order valence-corrected chi connectivity index (χ4v) is 1.90. The van der Waals surface area contributed by atoms with Crippen LogP contribution in [0.1, 0.15) is 26.7 Å². The van der Waals surface area contributed by atoms with Crippen LogP contribution in [0.2, 0.25) is 0 Å². The Morgan fingerprint density at radius 3 is 2.56 bits per heavy atom. The first-order chi connectivity index (χ1) is 7.41. The van der Waals surface area contributed by atoms with E-state index in [4.69, 9.17) is 10.8 Å². The van der Waals surface area contributed by atoms with Crippen LogP contribution in [0.3, 0.4) is 0 Å². The number of hydrogen-bond donors (Lipinski definition) is 2. The van der Waals surface area contributed by atoms with Crippen LogP contribution in [0, 0.1) is 0 Å². The van der Waals surface area contributed by atoms with E-state index >= 15 is 0 Å². The van der Waals surface area contributed by atoms with Crippen LogP contribution in [0.5, 0.6) is 0 Å². The lowest BCUT2D eigenvalue weighted by atomic mass is 9.95. The molecule has 1 aliphatic heterocycles. The summed E-state index contributed by atoms with van der Waals surface area (Å²) in [4.78, 5) is 23.6. The van der Waals surface area contributed by atoms with Gasteiger partial charge in [0.25, 0.3) is 0 Å². The Hall–Kier alpha value is -1.36. The Morgan fingerprint density at radius 2 is 2.06 bits per heavy atom. The molecule has 3 N–H and O–H groups in total. The van der Waals surface area contributed by atoms with E-state index in [1.165, 1.54) is 11.1 Å².